The molecule has 7 heteroatoms. The van der Waals surface area contributed by atoms with Crippen LogP contribution in [0.5, 0.6) is 5.75 Å². The molecule has 94 valence electrons. The Morgan fingerprint density at radius 1 is 1.35 bits per heavy atom. The van der Waals surface area contributed by atoms with Crippen LogP contribution in [0.3, 0.4) is 0 Å². The molecular weight excluding hydrogens is 354 g/mol. The van der Waals surface area contributed by atoms with Gasteiger partial charge in [0.1, 0.15) is 11.4 Å². The zero-order chi connectivity index (χ0) is 13.0. The van der Waals surface area contributed by atoms with Gasteiger partial charge in [0.25, 0.3) is 0 Å². The molecule has 0 aromatic heterocycles. The monoisotopic (exact) mass is 360 g/mol. The van der Waals surface area contributed by atoms with Gasteiger partial charge in [-0.25, -0.2) is 0 Å². The fraction of sp³-hybridized carbons (Fsp3) is 0.300. The molecule has 0 spiro atoms. The molecule has 0 radical (unpaired) electrons. The molecule has 1 aromatic carbocycles. The number of hydrogen-bond acceptors (Lipinski definition) is 3. The van der Waals surface area contributed by atoms with E-state index in [1.165, 1.54) is 19.2 Å². The molecule has 0 bridgehead atoms. The maximum atomic E-state index is 11.1. The molecule has 0 amide bonds. The Morgan fingerprint density at radius 3 is 2.35 bits per heavy atom. The van der Waals surface area contributed by atoms with Crippen LogP contribution in [0.15, 0.2) is 12.1 Å². The van der Waals surface area contributed by atoms with Gasteiger partial charge in [0.05, 0.1) is 17.2 Å². The van der Waals surface area contributed by atoms with Crippen LogP contribution in [-0.2, 0) is 9.53 Å². The molecule has 17 heavy (non-hydrogen) atoms. The van der Waals surface area contributed by atoms with Crippen LogP contribution in [0.2, 0.25) is 15.1 Å². The van der Waals surface area contributed by atoms with E-state index in [0.717, 1.165) is 0 Å². The van der Waals surface area contributed by atoms with Crippen molar-refractivity contribution in [1.82, 2.24) is 0 Å². The van der Waals surface area contributed by atoms with Crippen molar-refractivity contribution in [2.45, 2.75) is 4.83 Å². The van der Waals surface area contributed by atoms with E-state index < -0.39 is 10.8 Å². The van der Waals surface area contributed by atoms with Gasteiger partial charge in [-0.15, -0.1) is 0 Å². The number of rotatable bonds is 4. The summed E-state index contributed by atoms with van der Waals surface area (Å²) in [4.78, 5) is 10.5. The molecule has 0 saturated carbocycles. The van der Waals surface area contributed by atoms with Gasteiger partial charge in [-0.1, -0.05) is 50.7 Å². The van der Waals surface area contributed by atoms with E-state index >= 15 is 0 Å². The lowest BCUT2D eigenvalue weighted by molar-refractivity contribution is -0.140. The van der Waals surface area contributed by atoms with E-state index in [0.29, 0.717) is 5.02 Å². The van der Waals surface area contributed by atoms with Crippen molar-refractivity contribution in [1.29, 1.82) is 0 Å². The van der Waals surface area contributed by atoms with E-state index in [2.05, 4.69) is 20.7 Å². The summed E-state index contributed by atoms with van der Waals surface area (Å²) in [6, 6.07) is 3.01. The number of carbonyl (C=O) groups excluding carboxylic acids is 1. The molecular formula is C10H8BrCl3O3. The van der Waals surface area contributed by atoms with Gasteiger partial charge in [0.15, 0.2) is 5.75 Å². The Kier molecular flexibility index (Phi) is 5.86. The van der Waals surface area contributed by atoms with Gasteiger partial charge in [-0.3, -0.25) is 4.79 Å². The second-order valence-corrected chi connectivity index (χ2v) is 5.36. The van der Waals surface area contributed by atoms with Crippen LogP contribution >= 0.6 is 50.7 Å². The van der Waals surface area contributed by atoms with E-state index in [1.807, 2.05) is 0 Å². The highest BCUT2D eigenvalue weighted by Gasteiger charge is 2.18. The number of carbonyl (C=O) groups is 1. The average Bonchev–Trinajstić information content (AvgIpc) is 2.26. The Balaban J connectivity index is 2.73. The first-order chi connectivity index (χ1) is 7.95. The van der Waals surface area contributed by atoms with Crippen LogP contribution < -0.4 is 4.74 Å². The van der Waals surface area contributed by atoms with E-state index in [4.69, 9.17) is 39.5 Å². The number of esters is 1. The number of benzene rings is 1. The molecule has 0 heterocycles. The molecule has 0 fully saturated rings. The van der Waals surface area contributed by atoms with Crippen molar-refractivity contribution in [3.05, 3.63) is 27.2 Å². The summed E-state index contributed by atoms with van der Waals surface area (Å²) < 4.78 is 9.86. The molecule has 1 aromatic rings. The van der Waals surface area contributed by atoms with Crippen molar-refractivity contribution in [2.24, 2.45) is 0 Å². The summed E-state index contributed by atoms with van der Waals surface area (Å²) in [6.45, 7) is 0.0494. The van der Waals surface area contributed by atoms with Crippen LogP contribution in [0, 0.1) is 0 Å². The summed E-state index contributed by atoms with van der Waals surface area (Å²) in [7, 11) is 1.29. The second-order valence-electron chi connectivity index (χ2n) is 3.00. The molecule has 1 rings (SSSR count). The van der Waals surface area contributed by atoms with Crippen LogP contribution in [0.4, 0.5) is 0 Å². The van der Waals surface area contributed by atoms with E-state index in [-0.39, 0.29) is 22.4 Å². The standard InChI is InChI=1S/C10H8BrCl3O3/c1-16-10(15)6(11)4-17-9-7(13)2-5(12)3-8(9)14/h2-3,6H,4H2,1H3. The highest BCUT2D eigenvalue weighted by atomic mass is 79.9. The SMILES string of the molecule is COC(=O)C(Br)COc1c(Cl)cc(Cl)cc1Cl. The smallest absolute Gasteiger partial charge is 0.322 e. The molecule has 3 nitrogen and oxygen atoms in total. The number of ether oxygens (including phenoxy) is 2. The first-order valence-corrected chi connectivity index (χ1v) is 6.50. The Bertz CT molecular complexity index is 402. The zero-order valence-corrected chi connectivity index (χ0v) is 12.5. The first-order valence-electron chi connectivity index (χ1n) is 4.45. The summed E-state index contributed by atoms with van der Waals surface area (Å²) in [6.07, 6.45) is 0. The minimum atomic E-state index is -0.588. The molecule has 0 aliphatic heterocycles. The van der Waals surface area contributed by atoms with Crippen molar-refractivity contribution < 1.29 is 14.3 Å². The summed E-state index contributed by atoms with van der Waals surface area (Å²) in [5.41, 5.74) is 0. The Labute approximate surface area is 122 Å². The van der Waals surface area contributed by atoms with Crippen molar-refractivity contribution in [2.75, 3.05) is 13.7 Å². The fourth-order valence-electron chi connectivity index (χ4n) is 1.02. The highest BCUT2D eigenvalue weighted by Crippen LogP contribution is 2.36. The second kappa shape index (κ2) is 6.69. The molecule has 1 unspecified atom stereocenters. The lowest BCUT2D eigenvalue weighted by atomic mass is 10.3. The average molecular weight is 362 g/mol. The molecule has 0 aliphatic rings. The number of alkyl halides is 1. The molecule has 1 atom stereocenters. The van der Waals surface area contributed by atoms with E-state index in [9.17, 15) is 4.79 Å². The van der Waals surface area contributed by atoms with Gasteiger partial charge in [0, 0.05) is 5.02 Å². The minimum Gasteiger partial charge on any atom is -0.489 e. The number of halogens is 4. The lowest BCUT2D eigenvalue weighted by Gasteiger charge is -2.12. The Morgan fingerprint density at radius 2 is 1.88 bits per heavy atom. The fourth-order valence-corrected chi connectivity index (χ4v) is 2.26. The number of methoxy groups -OCH3 is 1. The maximum Gasteiger partial charge on any atom is 0.322 e. The lowest BCUT2D eigenvalue weighted by Crippen LogP contribution is -2.23. The van der Waals surface area contributed by atoms with Gasteiger partial charge >= 0.3 is 5.97 Å². The minimum absolute atomic E-state index is 0.0494. The van der Waals surface area contributed by atoms with Gasteiger partial charge in [0.2, 0.25) is 0 Å². The van der Waals surface area contributed by atoms with Gasteiger partial charge in [-0.05, 0) is 12.1 Å². The number of hydrogen-bond donors (Lipinski definition) is 0. The third-order valence-corrected chi connectivity index (χ3v) is 3.21. The predicted molar refractivity (Wildman–Crippen MR) is 71.7 cm³/mol. The maximum absolute atomic E-state index is 11.1. The van der Waals surface area contributed by atoms with Crippen LogP contribution in [-0.4, -0.2) is 24.5 Å². The van der Waals surface area contributed by atoms with Crippen molar-refractivity contribution in [3.63, 3.8) is 0 Å². The van der Waals surface area contributed by atoms with E-state index in [1.54, 1.807) is 0 Å². The van der Waals surface area contributed by atoms with Gasteiger partial charge < -0.3 is 9.47 Å². The van der Waals surface area contributed by atoms with Gasteiger partial charge in [-0.2, -0.15) is 0 Å². The Hall–Kier alpha value is -0.160. The highest BCUT2D eigenvalue weighted by molar-refractivity contribution is 9.10. The van der Waals surface area contributed by atoms with Crippen molar-refractivity contribution in [3.8, 4) is 5.75 Å². The third-order valence-electron chi connectivity index (χ3n) is 1.79. The quantitative estimate of drug-likeness (QED) is 0.601. The summed E-state index contributed by atoms with van der Waals surface area (Å²) >= 11 is 20.7. The predicted octanol–water partition coefficient (Wildman–Crippen LogP) is 3.96. The van der Waals surface area contributed by atoms with Crippen LogP contribution in [0.1, 0.15) is 0 Å². The molecule has 0 saturated heterocycles. The molecule has 0 aliphatic carbocycles. The summed E-state index contributed by atoms with van der Waals surface area (Å²) in [5, 5.41) is 0.981. The largest absolute Gasteiger partial charge is 0.489 e. The zero-order valence-electron chi connectivity index (χ0n) is 8.68. The first kappa shape index (κ1) is 14.9. The topological polar surface area (TPSA) is 35.5 Å². The van der Waals surface area contributed by atoms with Crippen LogP contribution in [0.25, 0.3) is 0 Å². The van der Waals surface area contributed by atoms with Crippen molar-refractivity contribution >= 4 is 56.7 Å². The molecule has 0 N–H and O–H groups in total. The third kappa shape index (κ3) is 4.21. The summed E-state index contributed by atoms with van der Waals surface area (Å²) in [5.74, 6) is -0.155. The normalized spacial score (nSPS) is 12.1.